The molecule has 0 heterocycles. The predicted molar refractivity (Wildman–Crippen MR) is 117 cm³/mol. The molecule has 0 aromatic heterocycles. The summed E-state index contributed by atoms with van der Waals surface area (Å²) in [6.07, 6.45) is 3.81. The molecule has 2 rings (SSSR count). The second kappa shape index (κ2) is 10.1. The van der Waals surface area contributed by atoms with Gasteiger partial charge in [0.15, 0.2) is 28.8 Å². The highest BCUT2D eigenvalue weighted by Crippen LogP contribution is 2.36. The highest BCUT2D eigenvalue weighted by atomic mass is 32.2. The van der Waals surface area contributed by atoms with E-state index in [4.69, 9.17) is 23.7 Å². The molecule has 0 atom stereocenters. The lowest BCUT2D eigenvalue weighted by Gasteiger charge is -2.14. The predicted octanol–water partition coefficient (Wildman–Crippen LogP) is 3.00. The third-order valence-electron chi connectivity index (χ3n) is 4.23. The second-order valence-corrected chi connectivity index (χ2v) is 8.02. The Morgan fingerprint density at radius 2 is 1.26 bits per heavy atom. The van der Waals surface area contributed by atoms with E-state index in [0.29, 0.717) is 22.8 Å². The first kappa shape index (κ1) is 23.9. The molecule has 1 N–H and O–H groups in total. The molecule has 0 fully saturated rings. The van der Waals surface area contributed by atoms with Crippen molar-refractivity contribution in [3.8, 4) is 28.7 Å². The Labute approximate surface area is 181 Å². The summed E-state index contributed by atoms with van der Waals surface area (Å²) in [6, 6.07) is 6.09. The van der Waals surface area contributed by atoms with Gasteiger partial charge in [0.1, 0.15) is 5.75 Å². The molecule has 2 aromatic rings. The lowest BCUT2D eigenvalue weighted by Crippen LogP contribution is -2.13. The minimum absolute atomic E-state index is 0.0640. The van der Waals surface area contributed by atoms with Gasteiger partial charge in [-0.25, -0.2) is 8.42 Å². The van der Waals surface area contributed by atoms with Crippen LogP contribution in [0.4, 0.5) is 5.69 Å². The maximum absolute atomic E-state index is 13.0. The van der Waals surface area contributed by atoms with Crippen molar-refractivity contribution >= 4 is 27.6 Å². The Hall–Kier alpha value is -3.40. The zero-order valence-electron chi connectivity index (χ0n) is 18.1. The van der Waals surface area contributed by atoms with Gasteiger partial charge in [-0.3, -0.25) is 9.52 Å². The summed E-state index contributed by atoms with van der Waals surface area (Å²) < 4.78 is 52.2. The summed E-state index contributed by atoms with van der Waals surface area (Å²) in [7, 11) is 3.67. The number of methoxy groups -OCH3 is 5. The van der Waals surface area contributed by atoms with Crippen molar-refractivity contribution in [2.45, 2.75) is 0 Å². The van der Waals surface area contributed by atoms with E-state index >= 15 is 0 Å². The molecule has 0 spiro atoms. The molecular formula is C21H25NO8S. The average Bonchev–Trinajstić information content (AvgIpc) is 2.75. The molecular weight excluding hydrogens is 426 g/mol. The Balaban J connectivity index is 2.53. The number of rotatable bonds is 10. The quantitative estimate of drug-likeness (QED) is 0.434. The zero-order valence-corrected chi connectivity index (χ0v) is 19.0. The van der Waals surface area contributed by atoms with E-state index in [1.807, 2.05) is 0 Å². The lowest BCUT2D eigenvalue weighted by molar-refractivity contribution is 0.104. The SMILES string of the molecule is COc1cc(OC)c(OC)cc1C=CC(=O)c1cc(OC)c(OC)cc1NS(C)(=O)=O. The summed E-state index contributed by atoms with van der Waals surface area (Å²) in [5.74, 6) is 1.48. The van der Waals surface area contributed by atoms with Crippen LogP contribution in [0.3, 0.4) is 0 Å². The fraction of sp³-hybridized carbons (Fsp3) is 0.286. The standard InChI is InChI=1S/C21H25NO8S/c1-26-17-12-21(30-5)18(27-2)9-13(17)7-8-16(23)14-10-19(28-3)20(29-4)11-15(14)22-31(6,24)25/h7-12,22H,1-6H3. The number of carbonyl (C=O) groups excluding carboxylic acids is 1. The molecule has 0 aliphatic rings. The van der Waals surface area contributed by atoms with E-state index in [2.05, 4.69) is 4.72 Å². The first-order chi connectivity index (χ1) is 14.7. The van der Waals surface area contributed by atoms with Gasteiger partial charge in [0.25, 0.3) is 0 Å². The molecule has 0 saturated heterocycles. The molecule has 168 valence electrons. The topological polar surface area (TPSA) is 109 Å². The van der Waals surface area contributed by atoms with Crippen molar-refractivity contribution in [2.75, 3.05) is 46.5 Å². The largest absolute Gasteiger partial charge is 0.496 e. The van der Waals surface area contributed by atoms with Crippen molar-refractivity contribution in [3.05, 3.63) is 41.5 Å². The number of sulfonamides is 1. The Kier molecular flexibility index (Phi) is 7.76. The average molecular weight is 451 g/mol. The zero-order chi connectivity index (χ0) is 23.2. The number of nitrogens with one attached hydrogen (secondary N) is 1. The number of carbonyl (C=O) groups is 1. The first-order valence-corrected chi connectivity index (χ1v) is 10.8. The van der Waals surface area contributed by atoms with E-state index in [9.17, 15) is 13.2 Å². The van der Waals surface area contributed by atoms with Gasteiger partial charge in [-0.1, -0.05) is 0 Å². The van der Waals surface area contributed by atoms with Gasteiger partial charge in [0.2, 0.25) is 10.0 Å². The summed E-state index contributed by atoms with van der Waals surface area (Å²) >= 11 is 0. The lowest BCUT2D eigenvalue weighted by atomic mass is 10.1. The summed E-state index contributed by atoms with van der Waals surface area (Å²) in [4.78, 5) is 13.0. The summed E-state index contributed by atoms with van der Waals surface area (Å²) in [6.45, 7) is 0. The third-order valence-corrected chi connectivity index (χ3v) is 4.83. The highest BCUT2D eigenvalue weighted by Gasteiger charge is 2.18. The van der Waals surface area contributed by atoms with Crippen LogP contribution in [0, 0.1) is 0 Å². The Morgan fingerprint density at radius 3 is 1.77 bits per heavy atom. The van der Waals surface area contributed by atoms with Crippen molar-refractivity contribution < 1.29 is 36.9 Å². The number of benzene rings is 2. The van der Waals surface area contributed by atoms with Gasteiger partial charge in [-0.15, -0.1) is 0 Å². The van der Waals surface area contributed by atoms with Crippen LogP contribution in [0.15, 0.2) is 30.3 Å². The monoisotopic (exact) mass is 451 g/mol. The van der Waals surface area contributed by atoms with Gasteiger partial charge in [0, 0.05) is 23.3 Å². The van der Waals surface area contributed by atoms with Crippen LogP contribution >= 0.6 is 0 Å². The van der Waals surface area contributed by atoms with Crippen molar-refractivity contribution in [3.63, 3.8) is 0 Å². The van der Waals surface area contributed by atoms with Crippen LogP contribution in [0.1, 0.15) is 15.9 Å². The molecule has 0 unspecified atom stereocenters. The van der Waals surface area contributed by atoms with E-state index in [1.54, 1.807) is 12.1 Å². The van der Waals surface area contributed by atoms with Gasteiger partial charge in [-0.2, -0.15) is 0 Å². The second-order valence-electron chi connectivity index (χ2n) is 6.27. The number of hydrogen-bond donors (Lipinski definition) is 1. The van der Waals surface area contributed by atoms with Crippen LogP contribution in [0.5, 0.6) is 28.7 Å². The molecule has 2 aromatic carbocycles. The third kappa shape index (κ3) is 5.82. The smallest absolute Gasteiger partial charge is 0.229 e. The molecule has 9 nitrogen and oxygen atoms in total. The number of ether oxygens (including phenoxy) is 5. The molecule has 0 saturated carbocycles. The van der Waals surface area contributed by atoms with E-state index in [-0.39, 0.29) is 22.7 Å². The molecule has 31 heavy (non-hydrogen) atoms. The van der Waals surface area contributed by atoms with Crippen LogP contribution in [0.25, 0.3) is 6.08 Å². The normalized spacial score (nSPS) is 11.2. The van der Waals surface area contributed by atoms with Crippen LogP contribution in [-0.2, 0) is 10.0 Å². The van der Waals surface area contributed by atoms with Gasteiger partial charge in [0.05, 0.1) is 47.5 Å². The van der Waals surface area contributed by atoms with E-state index in [0.717, 1.165) is 6.26 Å². The van der Waals surface area contributed by atoms with Crippen LogP contribution < -0.4 is 28.4 Å². The van der Waals surface area contributed by atoms with Gasteiger partial charge in [-0.05, 0) is 24.3 Å². The number of allylic oxidation sites excluding steroid dienone is 1. The maximum Gasteiger partial charge on any atom is 0.229 e. The molecule has 0 aliphatic heterocycles. The van der Waals surface area contributed by atoms with Crippen molar-refractivity contribution in [1.29, 1.82) is 0 Å². The molecule has 0 aliphatic carbocycles. The molecule has 0 bridgehead atoms. The number of hydrogen-bond acceptors (Lipinski definition) is 8. The first-order valence-electron chi connectivity index (χ1n) is 8.93. The van der Waals surface area contributed by atoms with Crippen LogP contribution in [-0.4, -0.2) is 56.0 Å². The maximum atomic E-state index is 13.0. The van der Waals surface area contributed by atoms with Crippen molar-refractivity contribution in [2.24, 2.45) is 0 Å². The van der Waals surface area contributed by atoms with Crippen molar-refractivity contribution in [1.82, 2.24) is 0 Å². The minimum atomic E-state index is -3.65. The van der Waals surface area contributed by atoms with Gasteiger partial charge < -0.3 is 23.7 Å². The highest BCUT2D eigenvalue weighted by molar-refractivity contribution is 7.92. The van der Waals surface area contributed by atoms with E-state index < -0.39 is 15.8 Å². The Morgan fingerprint density at radius 1 is 0.774 bits per heavy atom. The minimum Gasteiger partial charge on any atom is -0.496 e. The Bertz CT molecular complexity index is 1090. The summed E-state index contributed by atoms with van der Waals surface area (Å²) in [5, 5.41) is 0. The fourth-order valence-corrected chi connectivity index (χ4v) is 3.37. The van der Waals surface area contributed by atoms with Gasteiger partial charge >= 0.3 is 0 Å². The number of anilines is 1. The molecule has 10 heteroatoms. The number of ketones is 1. The molecule has 0 amide bonds. The molecule has 0 radical (unpaired) electrons. The van der Waals surface area contributed by atoms with E-state index in [1.165, 1.54) is 59.8 Å². The summed E-state index contributed by atoms with van der Waals surface area (Å²) in [5.41, 5.74) is 0.708. The fourth-order valence-electron chi connectivity index (χ4n) is 2.81. The van der Waals surface area contributed by atoms with Crippen LogP contribution in [0.2, 0.25) is 0 Å².